The van der Waals surface area contributed by atoms with Gasteiger partial charge >= 0.3 is 0 Å². The first kappa shape index (κ1) is 11.1. The molecule has 1 N–H and O–H groups in total. The topological polar surface area (TPSA) is 66.5 Å². The summed E-state index contributed by atoms with van der Waals surface area (Å²) in [5.41, 5.74) is 1.04. The van der Waals surface area contributed by atoms with Crippen LogP contribution in [0.3, 0.4) is 0 Å². The number of anilines is 1. The third-order valence-electron chi connectivity index (χ3n) is 2.35. The van der Waals surface area contributed by atoms with E-state index in [0.717, 1.165) is 17.9 Å². The van der Waals surface area contributed by atoms with Gasteiger partial charge in [-0.25, -0.2) is 9.97 Å². The highest BCUT2D eigenvalue weighted by atomic mass is 15.1. The highest BCUT2D eigenvalue weighted by Gasteiger charge is 2.02. The van der Waals surface area contributed by atoms with Gasteiger partial charge in [-0.05, 0) is 18.6 Å². The summed E-state index contributed by atoms with van der Waals surface area (Å²) in [6.45, 7) is 3.50. The summed E-state index contributed by atoms with van der Waals surface area (Å²) in [5.74, 6) is 1.28. The van der Waals surface area contributed by atoms with Crippen LogP contribution < -0.4 is 5.32 Å². The molecule has 86 valence electrons. The molecule has 0 aliphatic rings. The van der Waals surface area contributed by atoms with Gasteiger partial charge in [0.2, 0.25) is 5.82 Å². The van der Waals surface area contributed by atoms with Crippen molar-refractivity contribution in [1.82, 2.24) is 14.5 Å². The summed E-state index contributed by atoms with van der Waals surface area (Å²) in [4.78, 5) is 8.22. The van der Waals surface area contributed by atoms with Crippen LogP contribution >= 0.6 is 0 Å². The van der Waals surface area contributed by atoms with E-state index in [-0.39, 0.29) is 0 Å². The Labute approximate surface area is 99.7 Å². The van der Waals surface area contributed by atoms with Crippen molar-refractivity contribution in [1.29, 1.82) is 5.26 Å². The maximum Gasteiger partial charge on any atom is 0.213 e. The van der Waals surface area contributed by atoms with E-state index in [0.29, 0.717) is 12.4 Å². The molecule has 0 bridgehead atoms. The molecule has 0 aliphatic carbocycles. The fraction of sp³-hybridized carbons (Fsp3) is 0.250. The SMILES string of the molecule is CCNc1ccc(Cn2ccnc2C#N)cn1. The Bertz CT molecular complexity index is 521. The quantitative estimate of drug-likeness (QED) is 0.862. The maximum atomic E-state index is 8.84. The number of rotatable bonds is 4. The third-order valence-corrected chi connectivity index (χ3v) is 2.35. The van der Waals surface area contributed by atoms with E-state index >= 15 is 0 Å². The Hall–Kier alpha value is -2.35. The van der Waals surface area contributed by atoms with Gasteiger partial charge in [0.1, 0.15) is 11.9 Å². The number of hydrogen-bond acceptors (Lipinski definition) is 4. The van der Waals surface area contributed by atoms with Gasteiger partial charge in [0.25, 0.3) is 0 Å². The average molecular weight is 227 g/mol. The molecule has 0 aromatic carbocycles. The number of nitrogens with zero attached hydrogens (tertiary/aromatic N) is 4. The van der Waals surface area contributed by atoms with Crippen LogP contribution in [0.5, 0.6) is 0 Å². The Morgan fingerprint density at radius 3 is 2.94 bits per heavy atom. The average Bonchev–Trinajstić information content (AvgIpc) is 2.79. The summed E-state index contributed by atoms with van der Waals surface area (Å²) in [7, 11) is 0. The van der Waals surface area contributed by atoms with Gasteiger partial charge in [0.05, 0.1) is 6.54 Å². The number of pyridine rings is 1. The molecule has 5 nitrogen and oxygen atoms in total. The van der Waals surface area contributed by atoms with Gasteiger partial charge in [0, 0.05) is 25.1 Å². The molecule has 0 amide bonds. The summed E-state index contributed by atoms with van der Waals surface area (Å²) in [6.07, 6.45) is 5.22. The molecule has 2 aromatic heterocycles. The summed E-state index contributed by atoms with van der Waals surface area (Å²) in [5, 5.41) is 12.0. The lowest BCUT2D eigenvalue weighted by Gasteiger charge is -2.05. The van der Waals surface area contributed by atoms with Crippen molar-refractivity contribution >= 4 is 5.82 Å². The van der Waals surface area contributed by atoms with E-state index in [2.05, 4.69) is 15.3 Å². The predicted octanol–water partition coefficient (Wildman–Crippen LogP) is 1.63. The first-order valence-corrected chi connectivity index (χ1v) is 5.43. The molecule has 0 unspecified atom stereocenters. The summed E-state index contributed by atoms with van der Waals surface area (Å²) in [6, 6.07) is 5.97. The van der Waals surface area contributed by atoms with E-state index in [1.165, 1.54) is 0 Å². The lowest BCUT2D eigenvalue weighted by molar-refractivity contribution is 0.779. The molecule has 0 saturated carbocycles. The fourth-order valence-corrected chi connectivity index (χ4v) is 1.55. The minimum atomic E-state index is 0.417. The summed E-state index contributed by atoms with van der Waals surface area (Å²) < 4.78 is 1.80. The Kier molecular flexibility index (Phi) is 3.36. The standard InChI is InChI=1S/C12H13N5/c1-2-14-11-4-3-10(8-16-11)9-17-6-5-15-12(17)7-13/h3-6,8H,2,9H2,1H3,(H,14,16). The van der Waals surface area contributed by atoms with E-state index < -0.39 is 0 Å². The predicted molar refractivity (Wildman–Crippen MR) is 64.4 cm³/mol. The van der Waals surface area contributed by atoms with Gasteiger partial charge in [-0.1, -0.05) is 6.07 Å². The van der Waals surface area contributed by atoms with E-state index in [1.54, 1.807) is 23.2 Å². The van der Waals surface area contributed by atoms with Crippen molar-refractivity contribution in [2.45, 2.75) is 13.5 Å². The molecule has 0 spiro atoms. The van der Waals surface area contributed by atoms with Crippen molar-refractivity contribution < 1.29 is 0 Å². The van der Waals surface area contributed by atoms with Gasteiger partial charge in [-0.3, -0.25) is 0 Å². The first-order valence-electron chi connectivity index (χ1n) is 5.43. The van der Waals surface area contributed by atoms with Gasteiger partial charge in [-0.15, -0.1) is 0 Å². The lowest BCUT2D eigenvalue weighted by Crippen LogP contribution is -2.03. The number of aromatic nitrogens is 3. The molecular weight excluding hydrogens is 214 g/mol. The van der Waals surface area contributed by atoms with E-state index in [1.807, 2.05) is 25.1 Å². The Morgan fingerprint density at radius 2 is 2.29 bits per heavy atom. The van der Waals surface area contributed by atoms with Crippen LogP contribution in [0.15, 0.2) is 30.7 Å². The fourth-order valence-electron chi connectivity index (χ4n) is 1.55. The normalized spacial score (nSPS) is 9.88. The van der Waals surface area contributed by atoms with Gasteiger partial charge in [0.15, 0.2) is 0 Å². The van der Waals surface area contributed by atoms with Crippen molar-refractivity contribution in [3.05, 3.63) is 42.1 Å². The third kappa shape index (κ3) is 2.61. The van der Waals surface area contributed by atoms with E-state index in [4.69, 9.17) is 5.26 Å². The molecule has 2 heterocycles. The molecule has 0 radical (unpaired) electrons. The second-order valence-electron chi connectivity index (χ2n) is 3.57. The number of imidazole rings is 1. The molecule has 2 rings (SSSR count). The van der Waals surface area contributed by atoms with Crippen molar-refractivity contribution in [3.63, 3.8) is 0 Å². The molecule has 17 heavy (non-hydrogen) atoms. The molecule has 0 atom stereocenters. The molecule has 2 aromatic rings. The lowest BCUT2D eigenvalue weighted by atomic mass is 10.3. The number of nitriles is 1. The smallest absolute Gasteiger partial charge is 0.213 e. The minimum Gasteiger partial charge on any atom is -0.370 e. The molecular formula is C12H13N5. The Balaban J connectivity index is 2.12. The van der Waals surface area contributed by atoms with Crippen molar-refractivity contribution in [3.8, 4) is 6.07 Å². The Morgan fingerprint density at radius 1 is 1.41 bits per heavy atom. The largest absolute Gasteiger partial charge is 0.370 e. The van der Waals surface area contributed by atoms with Crippen LogP contribution in [0, 0.1) is 11.3 Å². The van der Waals surface area contributed by atoms with Crippen molar-refractivity contribution in [2.75, 3.05) is 11.9 Å². The molecule has 0 saturated heterocycles. The van der Waals surface area contributed by atoms with Crippen LogP contribution in [0.1, 0.15) is 18.3 Å². The van der Waals surface area contributed by atoms with Gasteiger partial charge in [-0.2, -0.15) is 5.26 Å². The van der Waals surface area contributed by atoms with Crippen LogP contribution in [-0.2, 0) is 6.54 Å². The zero-order chi connectivity index (χ0) is 12.1. The second-order valence-corrected chi connectivity index (χ2v) is 3.57. The van der Waals surface area contributed by atoms with Gasteiger partial charge < -0.3 is 9.88 Å². The zero-order valence-electron chi connectivity index (χ0n) is 9.59. The highest BCUT2D eigenvalue weighted by Crippen LogP contribution is 2.07. The number of nitrogens with one attached hydrogen (secondary N) is 1. The molecule has 0 aliphatic heterocycles. The first-order chi connectivity index (χ1) is 8.33. The highest BCUT2D eigenvalue weighted by molar-refractivity contribution is 5.35. The van der Waals surface area contributed by atoms with Crippen LogP contribution in [0.25, 0.3) is 0 Å². The van der Waals surface area contributed by atoms with Crippen LogP contribution in [0.4, 0.5) is 5.82 Å². The maximum absolute atomic E-state index is 8.84. The second kappa shape index (κ2) is 5.12. The van der Waals surface area contributed by atoms with Crippen LogP contribution in [0.2, 0.25) is 0 Å². The summed E-state index contributed by atoms with van der Waals surface area (Å²) >= 11 is 0. The van der Waals surface area contributed by atoms with E-state index in [9.17, 15) is 0 Å². The van der Waals surface area contributed by atoms with Crippen LogP contribution in [-0.4, -0.2) is 21.1 Å². The monoisotopic (exact) mass is 227 g/mol. The minimum absolute atomic E-state index is 0.417. The van der Waals surface area contributed by atoms with Crippen molar-refractivity contribution in [2.24, 2.45) is 0 Å². The zero-order valence-corrected chi connectivity index (χ0v) is 9.59. The molecule has 0 fully saturated rings. The number of hydrogen-bond donors (Lipinski definition) is 1. The molecule has 5 heteroatoms.